The molecule has 140 valence electrons. The number of carbonyl (C=O) groups is 1. The highest BCUT2D eigenvalue weighted by Crippen LogP contribution is 2.28. The number of benzene rings is 1. The molecule has 0 aromatic heterocycles. The van der Waals surface area contributed by atoms with Gasteiger partial charge in [0.1, 0.15) is 5.75 Å². The summed E-state index contributed by atoms with van der Waals surface area (Å²) < 4.78 is 5.83. The van der Waals surface area contributed by atoms with E-state index in [2.05, 4.69) is 5.32 Å². The molecule has 0 spiro atoms. The Hall–Kier alpha value is -0.910. The van der Waals surface area contributed by atoms with Crippen molar-refractivity contribution >= 4 is 30.1 Å². The maximum absolute atomic E-state index is 12.6. The van der Waals surface area contributed by atoms with Crippen LogP contribution in [0.1, 0.15) is 32.6 Å². The van der Waals surface area contributed by atoms with Crippen LogP contribution < -0.4 is 10.1 Å². The summed E-state index contributed by atoms with van der Waals surface area (Å²) in [4.78, 5) is 15.7. The summed E-state index contributed by atoms with van der Waals surface area (Å²) in [6.45, 7) is 4.67. The Kier molecular flexibility index (Phi) is 7.91. The lowest BCUT2D eigenvalue weighted by atomic mass is 10.0. The van der Waals surface area contributed by atoms with Gasteiger partial charge >= 0.3 is 0 Å². The molecule has 1 aromatic rings. The Morgan fingerprint density at radius 1 is 1.24 bits per heavy atom. The van der Waals surface area contributed by atoms with E-state index < -0.39 is 6.10 Å². The summed E-state index contributed by atoms with van der Waals surface area (Å²) in [6.07, 6.45) is 6.49. The van der Waals surface area contributed by atoms with Crippen molar-refractivity contribution in [3.63, 3.8) is 0 Å². The van der Waals surface area contributed by atoms with Crippen LogP contribution in [0.5, 0.6) is 5.75 Å². The van der Waals surface area contributed by atoms with Crippen molar-refractivity contribution < 1.29 is 9.53 Å². The number of hydrogen-bond donors (Lipinski definition) is 1. The minimum atomic E-state index is -0.430. The normalized spacial score (nSPS) is 19.2. The number of nitrogens with zero attached hydrogens (tertiary/aromatic N) is 1. The SMILES string of the molecule is CSc1ccc(OC(C)C(=O)N2CCC(NCC3CC3)CC2)cc1.Cl. The van der Waals surface area contributed by atoms with Crippen LogP contribution in [0.15, 0.2) is 29.2 Å². The second kappa shape index (κ2) is 9.70. The largest absolute Gasteiger partial charge is 0.481 e. The van der Waals surface area contributed by atoms with Crippen molar-refractivity contribution in [3.05, 3.63) is 24.3 Å². The van der Waals surface area contributed by atoms with Gasteiger partial charge in [-0.15, -0.1) is 24.2 Å². The smallest absolute Gasteiger partial charge is 0.263 e. The molecule has 2 fully saturated rings. The molecule has 6 heteroatoms. The van der Waals surface area contributed by atoms with E-state index in [4.69, 9.17) is 4.74 Å². The highest BCUT2D eigenvalue weighted by molar-refractivity contribution is 7.98. The number of halogens is 1. The number of hydrogen-bond acceptors (Lipinski definition) is 4. The molecule has 1 aromatic carbocycles. The van der Waals surface area contributed by atoms with Gasteiger partial charge < -0.3 is 15.0 Å². The molecule has 4 nitrogen and oxygen atoms in total. The second-order valence-corrected chi connectivity index (χ2v) is 7.77. The lowest BCUT2D eigenvalue weighted by molar-refractivity contribution is -0.139. The minimum absolute atomic E-state index is 0. The Morgan fingerprint density at radius 3 is 2.44 bits per heavy atom. The van der Waals surface area contributed by atoms with Gasteiger partial charge in [0.2, 0.25) is 0 Å². The van der Waals surface area contributed by atoms with Crippen molar-refractivity contribution in [1.82, 2.24) is 10.2 Å². The van der Waals surface area contributed by atoms with Gasteiger partial charge in [0.05, 0.1) is 0 Å². The van der Waals surface area contributed by atoms with Gasteiger partial charge in [-0.3, -0.25) is 4.79 Å². The Morgan fingerprint density at radius 2 is 1.88 bits per heavy atom. The first-order valence-corrected chi connectivity index (χ1v) is 10.2. The van der Waals surface area contributed by atoms with E-state index in [1.807, 2.05) is 42.3 Å². The Labute approximate surface area is 161 Å². The van der Waals surface area contributed by atoms with Crippen molar-refractivity contribution in [2.45, 2.75) is 49.6 Å². The van der Waals surface area contributed by atoms with E-state index >= 15 is 0 Å². The van der Waals surface area contributed by atoms with Gasteiger partial charge in [-0.1, -0.05) is 0 Å². The topological polar surface area (TPSA) is 41.6 Å². The number of nitrogens with one attached hydrogen (secondary N) is 1. The molecule has 0 bridgehead atoms. The fourth-order valence-electron chi connectivity index (χ4n) is 3.13. The zero-order valence-electron chi connectivity index (χ0n) is 15.1. The summed E-state index contributed by atoms with van der Waals surface area (Å²) in [5, 5.41) is 3.65. The summed E-state index contributed by atoms with van der Waals surface area (Å²) in [6, 6.07) is 8.49. The third kappa shape index (κ3) is 6.08. The number of ether oxygens (including phenoxy) is 1. The highest BCUT2D eigenvalue weighted by atomic mass is 35.5. The van der Waals surface area contributed by atoms with Crippen LogP contribution >= 0.6 is 24.2 Å². The summed E-state index contributed by atoms with van der Waals surface area (Å²) in [5.41, 5.74) is 0. The first-order valence-electron chi connectivity index (χ1n) is 8.98. The standard InChI is InChI=1S/C19H28N2O2S.ClH/c1-14(23-17-5-7-18(24-2)8-6-17)19(22)21-11-9-16(10-12-21)20-13-15-3-4-15;/h5-8,14-16,20H,3-4,9-13H2,1-2H3;1H. The molecule has 1 aliphatic heterocycles. The molecule has 1 atom stereocenters. The summed E-state index contributed by atoms with van der Waals surface area (Å²) in [7, 11) is 0. The molecule has 0 radical (unpaired) electrons. The zero-order valence-corrected chi connectivity index (χ0v) is 16.7. The first kappa shape index (κ1) is 20.4. The van der Waals surface area contributed by atoms with Crippen molar-refractivity contribution in [1.29, 1.82) is 0 Å². The van der Waals surface area contributed by atoms with Crippen molar-refractivity contribution in [2.75, 3.05) is 25.9 Å². The molecule has 2 aliphatic rings. The van der Waals surface area contributed by atoms with E-state index in [0.717, 1.165) is 44.1 Å². The third-order valence-corrected chi connectivity index (χ3v) is 5.66. The van der Waals surface area contributed by atoms with Gasteiger partial charge in [0.25, 0.3) is 5.91 Å². The van der Waals surface area contributed by atoms with Gasteiger partial charge in [-0.2, -0.15) is 0 Å². The molecule has 1 saturated carbocycles. The zero-order chi connectivity index (χ0) is 16.9. The maximum Gasteiger partial charge on any atom is 0.263 e. The molecular weight excluding hydrogens is 356 g/mol. The highest BCUT2D eigenvalue weighted by Gasteiger charge is 2.28. The van der Waals surface area contributed by atoms with Crippen LogP contribution in [0.25, 0.3) is 0 Å². The summed E-state index contributed by atoms with van der Waals surface area (Å²) in [5.74, 6) is 1.77. The number of rotatable bonds is 7. The van der Waals surface area contributed by atoms with Crippen molar-refractivity contribution in [3.8, 4) is 5.75 Å². The molecule has 1 amide bonds. The molecule has 1 saturated heterocycles. The van der Waals surface area contributed by atoms with E-state index in [1.54, 1.807) is 11.8 Å². The summed E-state index contributed by atoms with van der Waals surface area (Å²) >= 11 is 1.70. The number of carbonyl (C=O) groups excluding carboxylic acids is 1. The van der Waals surface area contributed by atoms with E-state index in [1.165, 1.54) is 17.7 Å². The van der Waals surface area contributed by atoms with E-state index in [-0.39, 0.29) is 18.3 Å². The number of piperidine rings is 1. The maximum atomic E-state index is 12.6. The van der Waals surface area contributed by atoms with Gasteiger partial charge in [-0.25, -0.2) is 0 Å². The molecule has 1 heterocycles. The molecule has 1 aliphatic carbocycles. The fraction of sp³-hybridized carbons (Fsp3) is 0.632. The lowest BCUT2D eigenvalue weighted by Crippen LogP contribution is -2.48. The van der Waals surface area contributed by atoms with Gasteiger partial charge in [0, 0.05) is 24.0 Å². The predicted molar refractivity (Wildman–Crippen MR) is 106 cm³/mol. The molecule has 1 N–H and O–H groups in total. The van der Waals surface area contributed by atoms with Gasteiger partial charge in [0.15, 0.2) is 6.10 Å². The second-order valence-electron chi connectivity index (χ2n) is 6.89. The fourth-order valence-corrected chi connectivity index (χ4v) is 3.53. The van der Waals surface area contributed by atoms with Gasteiger partial charge in [-0.05, 0) is 75.6 Å². The van der Waals surface area contributed by atoms with Crippen LogP contribution in [0.4, 0.5) is 0 Å². The van der Waals surface area contributed by atoms with E-state index in [0.29, 0.717) is 6.04 Å². The first-order chi connectivity index (χ1) is 11.7. The molecular formula is C19H29ClN2O2S. The average Bonchev–Trinajstić information content (AvgIpc) is 3.45. The van der Waals surface area contributed by atoms with Crippen LogP contribution in [-0.2, 0) is 4.79 Å². The monoisotopic (exact) mass is 384 g/mol. The van der Waals surface area contributed by atoms with E-state index in [9.17, 15) is 4.79 Å². The van der Waals surface area contributed by atoms with Crippen LogP contribution in [0, 0.1) is 5.92 Å². The number of amides is 1. The molecule has 3 rings (SSSR count). The quantitative estimate of drug-likeness (QED) is 0.729. The Balaban J connectivity index is 0.00000225. The molecule has 25 heavy (non-hydrogen) atoms. The number of likely N-dealkylation sites (tertiary alicyclic amines) is 1. The number of thioether (sulfide) groups is 1. The average molecular weight is 385 g/mol. The van der Waals surface area contributed by atoms with Crippen LogP contribution in [-0.4, -0.2) is 48.8 Å². The van der Waals surface area contributed by atoms with Crippen LogP contribution in [0.3, 0.4) is 0 Å². The lowest BCUT2D eigenvalue weighted by Gasteiger charge is -2.34. The molecule has 1 unspecified atom stereocenters. The minimum Gasteiger partial charge on any atom is -0.481 e. The third-order valence-electron chi connectivity index (χ3n) is 4.92. The van der Waals surface area contributed by atoms with Crippen molar-refractivity contribution in [2.24, 2.45) is 5.92 Å². The Bertz CT molecular complexity index is 543. The predicted octanol–water partition coefficient (Wildman–Crippen LogP) is 3.59. The van der Waals surface area contributed by atoms with Crippen LogP contribution in [0.2, 0.25) is 0 Å².